The molecule has 258 valence electrons. The number of hydrogen-bond acceptors (Lipinski definition) is 1. The fourth-order valence-corrected chi connectivity index (χ4v) is 9.82. The molecule has 1 nitrogen and oxygen atoms in total. The second-order valence-corrected chi connectivity index (χ2v) is 14.7. The molecule has 1 heterocycles. The molecule has 9 aromatic rings. The zero-order valence-corrected chi connectivity index (χ0v) is 30.2. The van der Waals surface area contributed by atoms with Gasteiger partial charge in [-0.2, -0.15) is 0 Å². The molecule has 1 aliphatic heterocycles. The van der Waals surface area contributed by atoms with E-state index in [1.54, 1.807) is 0 Å². The Kier molecular flexibility index (Phi) is 7.06. The number of benzene rings is 9. The monoisotopic (exact) mass is 700 g/mol. The molecule has 0 saturated heterocycles. The highest BCUT2D eigenvalue weighted by molar-refractivity contribution is 6.04. The highest BCUT2D eigenvalue weighted by Crippen LogP contribution is 2.59. The van der Waals surface area contributed by atoms with E-state index in [9.17, 15) is 0 Å². The smallest absolute Gasteiger partial charge is 0.132 e. The predicted molar refractivity (Wildman–Crippen MR) is 225 cm³/mol. The first-order valence-corrected chi connectivity index (χ1v) is 19.1. The topological polar surface area (TPSA) is 9.23 Å². The molecule has 1 unspecified atom stereocenters. The van der Waals surface area contributed by atoms with Gasteiger partial charge in [0.2, 0.25) is 0 Å². The van der Waals surface area contributed by atoms with Gasteiger partial charge in [0, 0.05) is 11.1 Å². The van der Waals surface area contributed by atoms with Crippen molar-refractivity contribution in [3.05, 3.63) is 263 Å². The van der Waals surface area contributed by atoms with E-state index in [1.165, 1.54) is 55.3 Å². The molecule has 1 heteroatoms. The summed E-state index contributed by atoms with van der Waals surface area (Å²) in [6.07, 6.45) is 0. The van der Waals surface area contributed by atoms with Gasteiger partial charge in [0.15, 0.2) is 0 Å². The fraction of sp³-hybridized carbons (Fsp3) is 0.0370. The molecule has 0 radical (unpaired) electrons. The molecule has 11 rings (SSSR count). The third-order valence-electron chi connectivity index (χ3n) is 12.1. The molecule has 9 aromatic carbocycles. The first kappa shape index (κ1) is 31.6. The van der Waals surface area contributed by atoms with E-state index in [2.05, 4.69) is 218 Å². The minimum atomic E-state index is -0.569. The van der Waals surface area contributed by atoms with Crippen molar-refractivity contribution < 1.29 is 4.74 Å². The number of para-hydroxylation sites is 1. The van der Waals surface area contributed by atoms with Crippen LogP contribution in [0, 0.1) is 0 Å². The van der Waals surface area contributed by atoms with E-state index in [0.29, 0.717) is 0 Å². The van der Waals surface area contributed by atoms with Crippen LogP contribution in [0.5, 0.6) is 11.5 Å². The maximum Gasteiger partial charge on any atom is 0.132 e. The van der Waals surface area contributed by atoms with E-state index in [-0.39, 0.29) is 0 Å². The summed E-state index contributed by atoms with van der Waals surface area (Å²) >= 11 is 0. The number of ether oxygens (including phenoxy) is 1. The maximum absolute atomic E-state index is 6.71. The molecule has 0 bridgehead atoms. The Morgan fingerprint density at radius 3 is 1.51 bits per heavy atom. The SMILES string of the molecule is c1ccc(C2(c3ccccc3)c3ccccc3Oc3ccc(-c4ccc(C5(c6ccccc6)c6ccccc6-c6c5ccc5ccccc65)cc4)cc32)cc1. The maximum atomic E-state index is 6.71. The van der Waals surface area contributed by atoms with Crippen molar-refractivity contribution in [2.24, 2.45) is 0 Å². The zero-order chi connectivity index (χ0) is 36.4. The van der Waals surface area contributed by atoms with Crippen LogP contribution in [0.2, 0.25) is 0 Å². The van der Waals surface area contributed by atoms with E-state index < -0.39 is 10.8 Å². The van der Waals surface area contributed by atoms with Crippen LogP contribution in [-0.2, 0) is 10.8 Å². The number of hydrogen-bond donors (Lipinski definition) is 0. The average Bonchev–Trinajstić information content (AvgIpc) is 3.58. The van der Waals surface area contributed by atoms with Crippen molar-refractivity contribution >= 4 is 10.8 Å². The van der Waals surface area contributed by atoms with Crippen LogP contribution in [-0.4, -0.2) is 0 Å². The lowest BCUT2D eigenvalue weighted by molar-refractivity contribution is 0.434. The lowest BCUT2D eigenvalue weighted by Crippen LogP contribution is -2.34. The van der Waals surface area contributed by atoms with E-state index in [0.717, 1.165) is 33.8 Å². The van der Waals surface area contributed by atoms with Crippen LogP contribution in [0.4, 0.5) is 0 Å². The first-order valence-electron chi connectivity index (χ1n) is 19.1. The molecule has 0 amide bonds. The Morgan fingerprint density at radius 1 is 0.309 bits per heavy atom. The van der Waals surface area contributed by atoms with Gasteiger partial charge in [-0.3, -0.25) is 0 Å². The summed E-state index contributed by atoms with van der Waals surface area (Å²) in [6, 6.07) is 79.9. The Balaban J connectivity index is 1.12. The van der Waals surface area contributed by atoms with Crippen molar-refractivity contribution in [3.8, 4) is 33.8 Å². The lowest BCUT2D eigenvalue weighted by Gasteiger charge is -2.41. The van der Waals surface area contributed by atoms with Crippen LogP contribution >= 0.6 is 0 Å². The van der Waals surface area contributed by atoms with Gasteiger partial charge in [-0.15, -0.1) is 0 Å². The van der Waals surface area contributed by atoms with Crippen LogP contribution in [0.3, 0.4) is 0 Å². The minimum absolute atomic E-state index is 0.473. The number of fused-ring (bicyclic) bond motifs is 7. The van der Waals surface area contributed by atoms with Crippen LogP contribution in [0.15, 0.2) is 218 Å². The van der Waals surface area contributed by atoms with Crippen molar-refractivity contribution in [1.82, 2.24) is 0 Å². The summed E-state index contributed by atoms with van der Waals surface area (Å²) in [5.41, 5.74) is 13.8. The summed E-state index contributed by atoms with van der Waals surface area (Å²) < 4.78 is 6.71. The first-order chi connectivity index (χ1) is 27.3. The van der Waals surface area contributed by atoms with Gasteiger partial charge in [0.25, 0.3) is 0 Å². The summed E-state index contributed by atoms with van der Waals surface area (Å²) in [6.45, 7) is 0. The largest absolute Gasteiger partial charge is 0.457 e. The molecule has 0 N–H and O–H groups in total. The van der Waals surface area contributed by atoms with Crippen molar-refractivity contribution in [2.45, 2.75) is 10.8 Å². The summed E-state index contributed by atoms with van der Waals surface area (Å²) in [5.74, 6) is 1.76. The summed E-state index contributed by atoms with van der Waals surface area (Å²) in [4.78, 5) is 0. The van der Waals surface area contributed by atoms with Gasteiger partial charge in [-0.1, -0.05) is 200 Å². The molecule has 55 heavy (non-hydrogen) atoms. The van der Waals surface area contributed by atoms with Crippen molar-refractivity contribution in [3.63, 3.8) is 0 Å². The van der Waals surface area contributed by atoms with Crippen LogP contribution in [0.25, 0.3) is 33.0 Å². The second kappa shape index (κ2) is 12.3. The molecular formula is C54H36O. The van der Waals surface area contributed by atoms with Crippen molar-refractivity contribution in [2.75, 3.05) is 0 Å². The van der Waals surface area contributed by atoms with Gasteiger partial charge in [-0.25, -0.2) is 0 Å². The average molecular weight is 701 g/mol. The molecule has 0 fully saturated rings. The Bertz CT molecular complexity index is 2840. The third kappa shape index (κ3) is 4.47. The Morgan fingerprint density at radius 2 is 0.818 bits per heavy atom. The Labute approximate surface area is 321 Å². The summed E-state index contributed by atoms with van der Waals surface area (Å²) in [5, 5.41) is 2.55. The van der Waals surface area contributed by atoms with Crippen LogP contribution < -0.4 is 4.74 Å². The number of rotatable bonds is 5. The second-order valence-electron chi connectivity index (χ2n) is 14.7. The highest BCUT2D eigenvalue weighted by atomic mass is 16.5. The molecule has 0 saturated carbocycles. The van der Waals surface area contributed by atoms with Crippen molar-refractivity contribution in [1.29, 1.82) is 0 Å². The molecular weight excluding hydrogens is 665 g/mol. The minimum Gasteiger partial charge on any atom is -0.457 e. The van der Waals surface area contributed by atoms with Gasteiger partial charge >= 0.3 is 0 Å². The molecule has 1 atom stereocenters. The zero-order valence-electron chi connectivity index (χ0n) is 30.2. The molecule has 0 spiro atoms. The lowest BCUT2D eigenvalue weighted by atomic mass is 9.63. The van der Waals surface area contributed by atoms with Gasteiger partial charge < -0.3 is 4.74 Å². The van der Waals surface area contributed by atoms with E-state index in [1.807, 2.05) is 0 Å². The van der Waals surface area contributed by atoms with Gasteiger partial charge in [-0.05, 0) is 84.6 Å². The predicted octanol–water partition coefficient (Wildman–Crippen LogP) is 13.4. The third-order valence-corrected chi connectivity index (χ3v) is 12.1. The molecule has 2 aliphatic rings. The van der Waals surface area contributed by atoms with Gasteiger partial charge in [0.05, 0.1) is 10.8 Å². The normalized spacial score (nSPS) is 16.0. The van der Waals surface area contributed by atoms with E-state index in [4.69, 9.17) is 4.74 Å². The molecule has 0 aromatic heterocycles. The standard InChI is InChI=1S/C54H36O/c1-4-17-40(18-5-1)53(46-25-13-12-24-45(46)52-44-23-11-10-16-38(44)30-34-48(52)53)43-32-28-37(29-33-43)39-31-35-51-49(36-39)54(41-19-6-2-7-20-41,42-21-8-3-9-22-42)47-26-14-15-27-50(47)55-51/h1-36H. The van der Waals surface area contributed by atoms with Gasteiger partial charge in [0.1, 0.15) is 11.5 Å². The fourth-order valence-electron chi connectivity index (χ4n) is 9.82. The quantitative estimate of drug-likeness (QED) is 0.174. The highest BCUT2D eigenvalue weighted by Gasteiger charge is 2.47. The summed E-state index contributed by atoms with van der Waals surface area (Å²) in [7, 11) is 0. The Hall–Kier alpha value is -6.96. The molecule has 1 aliphatic carbocycles. The van der Waals surface area contributed by atoms with E-state index >= 15 is 0 Å². The van der Waals surface area contributed by atoms with Crippen LogP contribution in [0.1, 0.15) is 44.5 Å².